The molecule has 0 spiro atoms. The van der Waals surface area contributed by atoms with Gasteiger partial charge in [0.05, 0.1) is 11.1 Å². The van der Waals surface area contributed by atoms with Crippen LogP contribution in [0.15, 0.2) is 36.5 Å². The Bertz CT molecular complexity index is 517. The van der Waals surface area contributed by atoms with Crippen molar-refractivity contribution >= 4 is 10.9 Å². The van der Waals surface area contributed by atoms with Gasteiger partial charge >= 0.3 is 0 Å². The Morgan fingerprint density at radius 1 is 1.33 bits per heavy atom. The fraction of sp³-hybridized carbons (Fsp3) is 0.308. The summed E-state index contributed by atoms with van der Waals surface area (Å²) in [4.78, 5) is 4.36. The minimum Gasteiger partial charge on any atom is -0.385 e. The lowest BCUT2D eigenvalue weighted by Gasteiger charge is -2.11. The van der Waals surface area contributed by atoms with Gasteiger partial charge in [-0.15, -0.1) is 0 Å². The van der Waals surface area contributed by atoms with Crippen molar-refractivity contribution in [3.05, 3.63) is 42.1 Å². The van der Waals surface area contributed by atoms with Crippen LogP contribution in [0.5, 0.6) is 0 Å². The fourth-order valence-corrected chi connectivity index (χ4v) is 2.24. The Kier molecular flexibility index (Phi) is 1.65. The summed E-state index contributed by atoms with van der Waals surface area (Å²) < 4.78 is 0. The van der Waals surface area contributed by atoms with Crippen LogP contribution in [0.3, 0.4) is 0 Å². The lowest BCUT2D eigenvalue weighted by molar-refractivity contribution is 0.136. The summed E-state index contributed by atoms with van der Waals surface area (Å²) in [5.41, 5.74) is 1.29. The zero-order valence-electron chi connectivity index (χ0n) is 8.64. The van der Waals surface area contributed by atoms with Gasteiger partial charge in [0.15, 0.2) is 0 Å². The van der Waals surface area contributed by atoms with E-state index < -0.39 is 5.60 Å². The third-order valence-electron chi connectivity index (χ3n) is 3.37. The number of aromatic nitrogens is 1. The second-order valence-corrected chi connectivity index (χ2v) is 4.41. The van der Waals surface area contributed by atoms with Crippen molar-refractivity contribution in [2.75, 3.05) is 0 Å². The molecule has 2 unspecified atom stereocenters. The predicted molar refractivity (Wildman–Crippen MR) is 59.4 cm³/mol. The topological polar surface area (TPSA) is 33.1 Å². The van der Waals surface area contributed by atoms with Crippen molar-refractivity contribution < 1.29 is 5.11 Å². The van der Waals surface area contributed by atoms with Gasteiger partial charge in [-0.2, -0.15) is 0 Å². The van der Waals surface area contributed by atoms with Gasteiger partial charge in [-0.05, 0) is 18.4 Å². The summed E-state index contributed by atoms with van der Waals surface area (Å²) in [5.74, 6) is 0.352. The highest BCUT2D eigenvalue weighted by molar-refractivity contribution is 5.82. The summed E-state index contributed by atoms with van der Waals surface area (Å²) in [5, 5.41) is 11.4. The molecule has 2 heteroatoms. The second kappa shape index (κ2) is 2.80. The zero-order valence-corrected chi connectivity index (χ0v) is 8.64. The van der Waals surface area contributed by atoms with Crippen LogP contribution in [0, 0.1) is 5.92 Å². The Balaban J connectivity index is 2.27. The lowest BCUT2D eigenvalue weighted by Crippen LogP contribution is -2.08. The molecular formula is C13H13NO. The number of nitrogens with zero attached hydrogens (tertiary/aromatic N) is 1. The maximum Gasteiger partial charge on any atom is 0.0947 e. The second-order valence-electron chi connectivity index (χ2n) is 4.41. The maximum absolute atomic E-state index is 10.3. The molecule has 1 fully saturated rings. The van der Waals surface area contributed by atoms with Gasteiger partial charge in [0.2, 0.25) is 0 Å². The van der Waals surface area contributed by atoms with Gasteiger partial charge in [-0.3, -0.25) is 4.98 Å². The van der Waals surface area contributed by atoms with E-state index in [1.54, 1.807) is 6.20 Å². The minimum atomic E-state index is -0.631. The molecule has 1 aliphatic carbocycles. The molecule has 1 saturated carbocycles. The highest BCUT2D eigenvalue weighted by Crippen LogP contribution is 2.52. The largest absolute Gasteiger partial charge is 0.385 e. The Hall–Kier alpha value is -1.41. The van der Waals surface area contributed by atoms with Crippen molar-refractivity contribution in [3.63, 3.8) is 0 Å². The summed E-state index contributed by atoms with van der Waals surface area (Å²) >= 11 is 0. The SMILES string of the molecule is CC1CC1(O)c1cccc2cccnc12. The zero-order chi connectivity index (χ0) is 10.5. The molecular weight excluding hydrogens is 186 g/mol. The molecule has 0 saturated heterocycles. The van der Waals surface area contributed by atoms with Crippen molar-refractivity contribution in [1.82, 2.24) is 4.98 Å². The van der Waals surface area contributed by atoms with E-state index in [2.05, 4.69) is 11.9 Å². The van der Waals surface area contributed by atoms with E-state index >= 15 is 0 Å². The molecule has 1 heterocycles. The predicted octanol–water partition coefficient (Wildman–Crippen LogP) is 2.46. The molecule has 1 aromatic carbocycles. The number of hydrogen-bond donors (Lipinski definition) is 1. The standard InChI is InChI=1S/C13H13NO/c1-9-8-13(9,15)11-6-2-4-10-5-3-7-14-12(10)11/h2-7,9,15H,8H2,1H3. The Labute approximate surface area is 88.6 Å². The molecule has 3 rings (SSSR count). The van der Waals surface area contributed by atoms with Crippen LogP contribution in [0.25, 0.3) is 10.9 Å². The van der Waals surface area contributed by atoms with Crippen molar-refractivity contribution in [1.29, 1.82) is 0 Å². The smallest absolute Gasteiger partial charge is 0.0947 e. The molecule has 1 aromatic heterocycles. The molecule has 15 heavy (non-hydrogen) atoms. The van der Waals surface area contributed by atoms with E-state index in [0.29, 0.717) is 5.92 Å². The molecule has 0 bridgehead atoms. The molecule has 0 radical (unpaired) electrons. The van der Waals surface area contributed by atoms with Gasteiger partial charge in [-0.1, -0.05) is 31.2 Å². The number of para-hydroxylation sites is 1. The van der Waals surface area contributed by atoms with Crippen LogP contribution in [0.4, 0.5) is 0 Å². The van der Waals surface area contributed by atoms with Gasteiger partial charge in [-0.25, -0.2) is 0 Å². The quantitative estimate of drug-likeness (QED) is 0.765. The van der Waals surface area contributed by atoms with Gasteiger partial charge in [0.1, 0.15) is 0 Å². The Morgan fingerprint density at radius 2 is 2.07 bits per heavy atom. The van der Waals surface area contributed by atoms with Crippen LogP contribution in [-0.2, 0) is 5.60 Å². The average Bonchev–Trinajstić information content (AvgIpc) is 2.87. The van der Waals surface area contributed by atoms with Crippen LogP contribution in [0.1, 0.15) is 18.9 Å². The first-order chi connectivity index (χ1) is 7.22. The van der Waals surface area contributed by atoms with Crippen molar-refractivity contribution in [3.8, 4) is 0 Å². The third-order valence-corrected chi connectivity index (χ3v) is 3.37. The van der Waals surface area contributed by atoms with E-state index in [1.165, 1.54) is 0 Å². The average molecular weight is 199 g/mol. The van der Waals surface area contributed by atoms with Crippen LogP contribution in [-0.4, -0.2) is 10.1 Å². The number of benzene rings is 1. The van der Waals surface area contributed by atoms with Crippen molar-refractivity contribution in [2.24, 2.45) is 5.92 Å². The highest BCUT2D eigenvalue weighted by Gasteiger charge is 2.51. The number of fused-ring (bicyclic) bond motifs is 1. The molecule has 2 aromatic rings. The molecule has 1 aliphatic rings. The van der Waals surface area contributed by atoms with Crippen molar-refractivity contribution in [2.45, 2.75) is 18.9 Å². The first-order valence-corrected chi connectivity index (χ1v) is 5.28. The number of pyridine rings is 1. The van der Waals surface area contributed by atoms with Gasteiger partial charge < -0.3 is 5.11 Å². The number of hydrogen-bond acceptors (Lipinski definition) is 2. The Morgan fingerprint density at radius 3 is 2.80 bits per heavy atom. The van der Waals surface area contributed by atoms with E-state index in [1.807, 2.05) is 30.3 Å². The van der Waals surface area contributed by atoms with Gasteiger partial charge in [0.25, 0.3) is 0 Å². The number of rotatable bonds is 1. The molecule has 2 atom stereocenters. The lowest BCUT2D eigenvalue weighted by atomic mass is 10.0. The van der Waals surface area contributed by atoms with Crippen LogP contribution in [0.2, 0.25) is 0 Å². The minimum absolute atomic E-state index is 0.352. The summed E-state index contributed by atoms with van der Waals surface area (Å²) in [7, 11) is 0. The van der Waals surface area contributed by atoms with E-state index in [4.69, 9.17) is 0 Å². The molecule has 1 N–H and O–H groups in total. The summed E-state index contributed by atoms with van der Waals surface area (Å²) in [6, 6.07) is 9.96. The van der Waals surface area contributed by atoms with Crippen LogP contribution < -0.4 is 0 Å². The first kappa shape index (κ1) is 8.86. The fourth-order valence-electron chi connectivity index (χ4n) is 2.24. The number of aliphatic hydroxyl groups is 1. The molecule has 76 valence electrons. The highest BCUT2D eigenvalue weighted by atomic mass is 16.3. The first-order valence-electron chi connectivity index (χ1n) is 5.28. The molecule has 0 aliphatic heterocycles. The van der Waals surface area contributed by atoms with E-state index in [0.717, 1.165) is 22.9 Å². The summed E-state index contributed by atoms with van der Waals surface area (Å²) in [6.45, 7) is 2.07. The van der Waals surface area contributed by atoms with E-state index in [9.17, 15) is 5.11 Å². The summed E-state index contributed by atoms with van der Waals surface area (Å²) in [6.07, 6.45) is 2.63. The monoisotopic (exact) mass is 199 g/mol. The normalized spacial score (nSPS) is 29.3. The third kappa shape index (κ3) is 1.18. The van der Waals surface area contributed by atoms with Crippen LogP contribution >= 0.6 is 0 Å². The van der Waals surface area contributed by atoms with Gasteiger partial charge in [0, 0.05) is 17.1 Å². The molecule has 2 nitrogen and oxygen atoms in total. The van der Waals surface area contributed by atoms with E-state index in [-0.39, 0.29) is 0 Å². The molecule has 0 amide bonds. The maximum atomic E-state index is 10.3.